The van der Waals surface area contributed by atoms with Crippen molar-refractivity contribution in [3.63, 3.8) is 0 Å². The second-order valence-electron chi connectivity index (χ2n) is 10.7. The first-order chi connectivity index (χ1) is 22.3. The molecule has 240 valence electrons. The summed E-state index contributed by atoms with van der Waals surface area (Å²) in [6.07, 6.45) is 2.99. The molecule has 1 saturated heterocycles. The topological polar surface area (TPSA) is 148 Å². The molecule has 11 nitrogen and oxygen atoms in total. The first-order valence-corrected chi connectivity index (χ1v) is 15.5. The molecule has 1 fully saturated rings. The zero-order chi connectivity index (χ0) is 32.6. The van der Waals surface area contributed by atoms with Gasteiger partial charge in [0.1, 0.15) is 5.69 Å². The molecular formula is C33H34Cl2N6O5. The van der Waals surface area contributed by atoms with Crippen LogP contribution in [0.4, 0.5) is 0 Å². The number of carbonyl (C=O) groups is 2. The summed E-state index contributed by atoms with van der Waals surface area (Å²) in [6, 6.07) is 15.3. The molecule has 2 aromatic heterocycles. The Morgan fingerprint density at radius 3 is 2.20 bits per heavy atom. The number of carbonyl (C=O) groups excluding carboxylic acids is 1. The number of methoxy groups -OCH3 is 2. The molecule has 1 aliphatic rings. The minimum absolute atomic E-state index is 0.00430. The fourth-order valence-corrected chi connectivity index (χ4v) is 5.88. The lowest BCUT2D eigenvalue weighted by Gasteiger charge is -2.16. The number of aromatic nitrogens is 3. The van der Waals surface area contributed by atoms with Crippen molar-refractivity contribution in [1.29, 1.82) is 0 Å². The van der Waals surface area contributed by atoms with E-state index in [2.05, 4.69) is 25.9 Å². The van der Waals surface area contributed by atoms with Gasteiger partial charge in [0.2, 0.25) is 17.7 Å². The maximum atomic E-state index is 11.5. The smallest absolute Gasteiger partial charge is 0.304 e. The lowest BCUT2D eigenvalue weighted by atomic mass is 9.98. The average molecular weight is 666 g/mol. The summed E-state index contributed by atoms with van der Waals surface area (Å²) in [5, 5.41) is 19.1. The Morgan fingerprint density at radius 2 is 1.57 bits per heavy atom. The number of carboxylic acids is 1. The molecule has 1 amide bonds. The Labute approximate surface area is 276 Å². The second kappa shape index (κ2) is 15.3. The van der Waals surface area contributed by atoms with Gasteiger partial charge in [-0.25, -0.2) is 9.97 Å². The monoisotopic (exact) mass is 664 g/mol. The largest absolute Gasteiger partial charge is 0.481 e. The highest BCUT2D eigenvalue weighted by molar-refractivity contribution is 6.39. The van der Waals surface area contributed by atoms with E-state index in [1.165, 1.54) is 7.11 Å². The third kappa shape index (κ3) is 7.73. The van der Waals surface area contributed by atoms with E-state index in [9.17, 15) is 9.59 Å². The molecule has 4 aromatic rings. The van der Waals surface area contributed by atoms with Crippen LogP contribution in [0.5, 0.6) is 11.8 Å². The van der Waals surface area contributed by atoms with Gasteiger partial charge in [-0.05, 0) is 12.5 Å². The van der Waals surface area contributed by atoms with E-state index in [1.807, 2.05) is 48.5 Å². The normalized spacial score (nSPS) is 14.3. The van der Waals surface area contributed by atoms with E-state index in [1.54, 1.807) is 13.3 Å². The van der Waals surface area contributed by atoms with E-state index in [0.29, 0.717) is 88.2 Å². The Balaban J connectivity index is 1.37. The number of amides is 1. The number of nitrogens with one attached hydrogen (secondary N) is 3. The highest BCUT2D eigenvalue weighted by Crippen LogP contribution is 2.42. The Kier molecular flexibility index (Phi) is 11.0. The number of hydrogen-bond donors (Lipinski definition) is 4. The van der Waals surface area contributed by atoms with Gasteiger partial charge in [0.05, 0.1) is 48.3 Å². The van der Waals surface area contributed by atoms with Crippen molar-refractivity contribution in [2.24, 2.45) is 0 Å². The number of benzene rings is 2. The van der Waals surface area contributed by atoms with E-state index in [4.69, 9.17) is 42.8 Å². The molecule has 4 N–H and O–H groups in total. The number of pyridine rings is 1. The number of nitrogens with zero attached hydrogens (tertiary/aromatic N) is 3. The lowest BCUT2D eigenvalue weighted by molar-refractivity contribution is -0.136. The third-order valence-electron chi connectivity index (χ3n) is 7.58. The van der Waals surface area contributed by atoms with Crippen molar-refractivity contribution in [1.82, 2.24) is 30.9 Å². The van der Waals surface area contributed by atoms with Crippen LogP contribution in [0, 0.1) is 0 Å². The Hall–Kier alpha value is -4.29. The van der Waals surface area contributed by atoms with E-state index < -0.39 is 5.97 Å². The maximum absolute atomic E-state index is 11.5. The predicted octanol–water partition coefficient (Wildman–Crippen LogP) is 5.13. The minimum Gasteiger partial charge on any atom is -0.481 e. The molecule has 0 spiro atoms. The van der Waals surface area contributed by atoms with Crippen molar-refractivity contribution in [2.75, 3.05) is 27.3 Å². The zero-order valence-corrected chi connectivity index (χ0v) is 26.9. The first kappa shape index (κ1) is 33.1. The number of halogens is 2. The minimum atomic E-state index is -0.883. The summed E-state index contributed by atoms with van der Waals surface area (Å²) in [5.74, 6) is -0.00115. The highest BCUT2D eigenvalue weighted by Gasteiger charge is 2.21. The zero-order valence-electron chi connectivity index (χ0n) is 25.4. The van der Waals surface area contributed by atoms with E-state index in [0.717, 1.165) is 17.5 Å². The van der Waals surface area contributed by atoms with Crippen LogP contribution in [0.1, 0.15) is 30.5 Å². The quantitative estimate of drug-likeness (QED) is 0.134. The van der Waals surface area contributed by atoms with Crippen molar-refractivity contribution in [3.8, 4) is 45.4 Å². The van der Waals surface area contributed by atoms with E-state index >= 15 is 0 Å². The fourth-order valence-electron chi connectivity index (χ4n) is 5.23. The van der Waals surface area contributed by atoms with Gasteiger partial charge in [-0.1, -0.05) is 65.7 Å². The van der Waals surface area contributed by atoms with Crippen LogP contribution in [0.25, 0.3) is 33.6 Å². The first-order valence-electron chi connectivity index (χ1n) is 14.7. The molecule has 46 heavy (non-hydrogen) atoms. The second-order valence-corrected chi connectivity index (χ2v) is 11.4. The van der Waals surface area contributed by atoms with Crippen LogP contribution < -0.4 is 25.4 Å². The summed E-state index contributed by atoms with van der Waals surface area (Å²) >= 11 is 14.0. The van der Waals surface area contributed by atoms with Crippen molar-refractivity contribution < 1.29 is 24.2 Å². The number of ether oxygens (including phenoxy) is 2. The van der Waals surface area contributed by atoms with Gasteiger partial charge in [0, 0.05) is 66.5 Å². The van der Waals surface area contributed by atoms with Gasteiger partial charge >= 0.3 is 5.97 Å². The molecule has 5 rings (SSSR count). The van der Waals surface area contributed by atoms with Crippen LogP contribution in [0.3, 0.4) is 0 Å². The predicted molar refractivity (Wildman–Crippen MR) is 176 cm³/mol. The number of rotatable bonds is 14. The Bertz CT molecular complexity index is 1740. The molecule has 1 atom stereocenters. The van der Waals surface area contributed by atoms with E-state index in [-0.39, 0.29) is 18.4 Å². The van der Waals surface area contributed by atoms with Gasteiger partial charge in [0.25, 0.3) is 0 Å². The molecule has 2 aromatic carbocycles. The maximum Gasteiger partial charge on any atom is 0.304 e. The summed E-state index contributed by atoms with van der Waals surface area (Å²) in [7, 11) is 3.08. The number of aliphatic carboxylic acids is 1. The van der Waals surface area contributed by atoms with Gasteiger partial charge in [-0.2, -0.15) is 0 Å². The Morgan fingerprint density at radius 1 is 0.913 bits per heavy atom. The summed E-state index contributed by atoms with van der Waals surface area (Å²) in [6.45, 7) is 1.80. The van der Waals surface area contributed by atoms with Crippen LogP contribution in [-0.4, -0.2) is 65.3 Å². The molecule has 0 radical (unpaired) electrons. The third-order valence-corrected chi connectivity index (χ3v) is 8.39. The lowest BCUT2D eigenvalue weighted by Crippen LogP contribution is -2.35. The molecule has 0 aliphatic carbocycles. The molecule has 0 saturated carbocycles. The van der Waals surface area contributed by atoms with Gasteiger partial charge < -0.3 is 30.5 Å². The highest BCUT2D eigenvalue weighted by atomic mass is 35.5. The molecule has 13 heteroatoms. The standard InChI is InChI=1S/C33H34Cl2N6O5/c1-45-32-19(15-37-16-20-10-12-28(42)39-20)9-11-25(40-32)23-7-3-5-21(30(23)34)22-6-4-8-24(31(22)35)26-18-38-27(33(41-26)46-2)17-36-14-13-29(43)44/h3-9,11,18,20,36-37H,10,12-17H2,1-2H3,(H,39,42)(H,43,44)/t20-/m0/s1. The molecule has 1 aliphatic heterocycles. The van der Waals surface area contributed by atoms with Crippen molar-refractivity contribution >= 4 is 35.1 Å². The average Bonchev–Trinajstić information content (AvgIpc) is 3.48. The summed E-state index contributed by atoms with van der Waals surface area (Å²) < 4.78 is 11.1. The summed E-state index contributed by atoms with van der Waals surface area (Å²) in [4.78, 5) is 36.1. The van der Waals surface area contributed by atoms with Gasteiger partial charge in [-0.3, -0.25) is 14.6 Å². The van der Waals surface area contributed by atoms with Crippen molar-refractivity contribution in [2.45, 2.75) is 38.4 Å². The van der Waals surface area contributed by atoms with Gasteiger partial charge in [-0.15, -0.1) is 0 Å². The molecule has 0 unspecified atom stereocenters. The molecule has 0 bridgehead atoms. The fraction of sp³-hybridized carbons (Fsp3) is 0.303. The van der Waals surface area contributed by atoms with Crippen LogP contribution in [-0.2, 0) is 22.7 Å². The van der Waals surface area contributed by atoms with Crippen LogP contribution >= 0.6 is 23.2 Å². The molecular weight excluding hydrogens is 631 g/mol. The van der Waals surface area contributed by atoms with Crippen LogP contribution in [0.2, 0.25) is 10.0 Å². The SMILES string of the molecule is COc1nc(-c2cccc(-c3cccc(-c4cnc(CNCCC(=O)O)c(OC)n4)c3Cl)c2Cl)ccc1CNC[C@@H]1CCC(=O)N1. The molecule has 3 heterocycles. The van der Waals surface area contributed by atoms with Crippen molar-refractivity contribution in [3.05, 3.63) is 76.0 Å². The van der Waals surface area contributed by atoms with Crippen LogP contribution in [0.15, 0.2) is 54.7 Å². The summed E-state index contributed by atoms with van der Waals surface area (Å²) in [5.41, 5.74) is 5.37. The number of carboxylic acid groups (broad SMARTS) is 1. The number of hydrogen-bond acceptors (Lipinski definition) is 9. The van der Waals surface area contributed by atoms with Gasteiger partial charge in [0.15, 0.2) is 0 Å².